The number of aryl methyl sites for hydroxylation is 2. The van der Waals surface area contributed by atoms with Crippen LogP contribution in [0.25, 0.3) is 66.4 Å². The summed E-state index contributed by atoms with van der Waals surface area (Å²) in [6.07, 6.45) is 7.42. The van der Waals surface area contributed by atoms with E-state index in [0.717, 1.165) is 66.4 Å². The second kappa shape index (κ2) is 12.7. The maximum atomic E-state index is 6.56. The Kier molecular flexibility index (Phi) is 8.42. The van der Waals surface area contributed by atoms with Crippen LogP contribution in [0.5, 0.6) is 0 Å². The Hall–Kier alpha value is -4.96. The first-order valence-corrected chi connectivity index (χ1v) is 14.2. The summed E-state index contributed by atoms with van der Waals surface area (Å²) in [7, 11) is 0. The van der Waals surface area contributed by atoms with Crippen LogP contribution in [0.3, 0.4) is 0 Å². The van der Waals surface area contributed by atoms with Crippen LogP contribution in [0.15, 0.2) is 132 Å². The van der Waals surface area contributed by atoms with Crippen molar-refractivity contribution in [2.75, 3.05) is 0 Å². The summed E-state index contributed by atoms with van der Waals surface area (Å²) in [5.41, 5.74) is 10.0. The fourth-order valence-corrected chi connectivity index (χ4v) is 5.45. The molecule has 4 aromatic heterocycles. The molecule has 0 aliphatic heterocycles. The number of nitrogens with zero attached hydrogens (tertiary/aromatic N) is 3. The molecule has 0 amide bonds. The van der Waals surface area contributed by atoms with Gasteiger partial charge in [-0.3, -0.25) is 4.98 Å². The molecular weight excluding hydrogens is 719 g/mol. The van der Waals surface area contributed by atoms with E-state index in [1.54, 1.807) is 6.20 Å². The Bertz CT molecular complexity index is 2190. The van der Waals surface area contributed by atoms with E-state index in [4.69, 9.17) is 4.42 Å². The topological polar surface area (TPSA) is 51.8 Å². The van der Waals surface area contributed by atoms with E-state index in [9.17, 15) is 0 Å². The summed E-state index contributed by atoms with van der Waals surface area (Å²) in [6, 6.07) is 41.0. The Morgan fingerprint density at radius 2 is 1.52 bits per heavy atom. The van der Waals surface area contributed by atoms with Crippen LogP contribution in [-0.4, -0.2) is 15.0 Å². The first kappa shape index (κ1) is 29.1. The largest absolute Gasteiger partial charge is 0.500 e. The molecule has 0 spiro atoms. The number of fused-ring (bicyclic) bond motifs is 4. The van der Waals surface area contributed by atoms with Crippen molar-refractivity contribution in [2.45, 2.75) is 13.8 Å². The van der Waals surface area contributed by atoms with Crippen LogP contribution in [0.1, 0.15) is 11.1 Å². The Balaban J connectivity index is 0.000000207. The second-order valence-corrected chi connectivity index (χ2v) is 10.4. The summed E-state index contributed by atoms with van der Waals surface area (Å²) in [4.78, 5) is 13.2. The van der Waals surface area contributed by atoms with E-state index in [0.29, 0.717) is 0 Å². The summed E-state index contributed by atoms with van der Waals surface area (Å²) < 4.78 is 6.56. The van der Waals surface area contributed by atoms with Crippen LogP contribution in [0, 0.1) is 26.0 Å². The first-order chi connectivity index (χ1) is 21.2. The van der Waals surface area contributed by atoms with E-state index < -0.39 is 0 Å². The van der Waals surface area contributed by atoms with Crippen molar-refractivity contribution < 1.29 is 24.5 Å². The minimum atomic E-state index is 0. The molecule has 0 bridgehead atoms. The molecule has 5 heteroatoms. The van der Waals surface area contributed by atoms with Gasteiger partial charge < -0.3 is 14.4 Å². The normalized spacial score (nSPS) is 10.8. The molecule has 0 fully saturated rings. The van der Waals surface area contributed by atoms with Crippen molar-refractivity contribution in [3.63, 3.8) is 0 Å². The molecule has 0 saturated heterocycles. The standard InChI is InChI=1S/C27H17N2O.C12H10N.Ir/c1-17-11-12-20(19-7-4-6-18-13-15-28-16-23(18)19)27-25(17)22-9-5-8-21(26(22)30-27)24-10-2-3-14-29-24;1-10-7-8-12(13-9-10)11-5-3-2-4-6-11;/h2-7,9-16H,1H3;2-5,7-9H,1H3;/q2*-1;. The number of rotatable bonds is 3. The van der Waals surface area contributed by atoms with Gasteiger partial charge in [-0.2, -0.15) is 0 Å². The fraction of sp³-hybridized carbons (Fsp3) is 0.0513. The number of hydrogen-bond donors (Lipinski definition) is 0. The van der Waals surface area contributed by atoms with Crippen LogP contribution < -0.4 is 0 Å². The van der Waals surface area contributed by atoms with E-state index in [1.165, 1.54) is 11.1 Å². The molecule has 4 heterocycles. The maximum absolute atomic E-state index is 6.56. The number of benzene rings is 4. The minimum Gasteiger partial charge on any atom is -0.500 e. The molecule has 0 aliphatic carbocycles. The first-order valence-electron chi connectivity index (χ1n) is 14.2. The molecule has 0 unspecified atom stereocenters. The monoisotopic (exact) mass is 746 g/mol. The fourth-order valence-electron chi connectivity index (χ4n) is 5.45. The van der Waals surface area contributed by atoms with E-state index in [-0.39, 0.29) is 20.1 Å². The third-order valence-electron chi connectivity index (χ3n) is 7.58. The smallest absolute Gasteiger partial charge is 0.129 e. The van der Waals surface area contributed by atoms with Gasteiger partial charge >= 0.3 is 0 Å². The van der Waals surface area contributed by atoms with Gasteiger partial charge in [-0.05, 0) is 59.4 Å². The number of pyridine rings is 3. The SMILES string of the molecule is Cc1ccc(-c2[c-]cccc2)nc1.Cc1ccc(-c2cccc3ccncc23)c2oc3c(-c4ccccn4)[c-]ccc3c12.[Ir]. The zero-order valence-electron chi connectivity index (χ0n) is 24.2. The van der Waals surface area contributed by atoms with Crippen molar-refractivity contribution in [1.82, 2.24) is 15.0 Å². The van der Waals surface area contributed by atoms with Gasteiger partial charge in [-0.25, -0.2) is 0 Å². The summed E-state index contributed by atoms with van der Waals surface area (Å²) >= 11 is 0. The third kappa shape index (κ3) is 5.56. The summed E-state index contributed by atoms with van der Waals surface area (Å²) in [6.45, 7) is 4.16. The Labute approximate surface area is 269 Å². The van der Waals surface area contributed by atoms with Crippen LogP contribution >= 0.6 is 0 Å². The van der Waals surface area contributed by atoms with Crippen molar-refractivity contribution in [1.29, 1.82) is 0 Å². The molecule has 0 N–H and O–H groups in total. The third-order valence-corrected chi connectivity index (χ3v) is 7.58. The van der Waals surface area contributed by atoms with Gasteiger partial charge in [0.25, 0.3) is 0 Å². The average Bonchev–Trinajstić information content (AvgIpc) is 3.47. The van der Waals surface area contributed by atoms with Gasteiger partial charge in [0.05, 0.1) is 5.58 Å². The average molecular weight is 746 g/mol. The summed E-state index contributed by atoms with van der Waals surface area (Å²) in [5.74, 6) is 0. The Morgan fingerprint density at radius 1 is 0.614 bits per heavy atom. The van der Waals surface area contributed by atoms with Gasteiger partial charge in [-0.1, -0.05) is 65.5 Å². The van der Waals surface area contributed by atoms with Crippen molar-refractivity contribution in [3.8, 4) is 33.6 Å². The molecule has 44 heavy (non-hydrogen) atoms. The molecular formula is C39H27IrN3O-2. The second-order valence-electron chi connectivity index (χ2n) is 10.4. The maximum Gasteiger partial charge on any atom is 0.129 e. The molecule has 8 rings (SSSR count). The minimum absolute atomic E-state index is 0. The van der Waals surface area contributed by atoms with E-state index in [1.807, 2.05) is 86.2 Å². The van der Waals surface area contributed by atoms with Crippen molar-refractivity contribution in [2.24, 2.45) is 0 Å². The predicted molar refractivity (Wildman–Crippen MR) is 175 cm³/mol. The molecule has 1 radical (unpaired) electrons. The van der Waals surface area contributed by atoms with Gasteiger partial charge in [0.15, 0.2) is 0 Å². The molecule has 4 aromatic carbocycles. The molecule has 4 nitrogen and oxygen atoms in total. The molecule has 0 atom stereocenters. The van der Waals surface area contributed by atoms with Gasteiger partial charge in [-0.15, -0.1) is 54.1 Å². The van der Waals surface area contributed by atoms with Crippen LogP contribution in [0.4, 0.5) is 0 Å². The summed E-state index contributed by atoms with van der Waals surface area (Å²) in [5, 5.41) is 4.49. The number of hydrogen-bond acceptors (Lipinski definition) is 4. The predicted octanol–water partition coefficient (Wildman–Crippen LogP) is 9.83. The molecule has 8 aromatic rings. The molecule has 0 saturated carbocycles. The molecule has 0 aliphatic rings. The van der Waals surface area contributed by atoms with Crippen LogP contribution in [-0.2, 0) is 20.1 Å². The van der Waals surface area contributed by atoms with E-state index in [2.05, 4.69) is 76.5 Å². The van der Waals surface area contributed by atoms with Gasteiger partial charge in [0.2, 0.25) is 0 Å². The number of aromatic nitrogens is 3. The van der Waals surface area contributed by atoms with E-state index >= 15 is 0 Å². The molecule has 215 valence electrons. The zero-order valence-corrected chi connectivity index (χ0v) is 26.6. The van der Waals surface area contributed by atoms with Crippen molar-refractivity contribution >= 4 is 32.7 Å². The Morgan fingerprint density at radius 3 is 2.32 bits per heavy atom. The van der Waals surface area contributed by atoms with Crippen LogP contribution in [0.2, 0.25) is 0 Å². The quantitative estimate of drug-likeness (QED) is 0.169. The zero-order chi connectivity index (χ0) is 29.2. The number of furan rings is 1. The van der Waals surface area contributed by atoms with Crippen molar-refractivity contribution in [3.05, 3.63) is 151 Å². The van der Waals surface area contributed by atoms with Gasteiger partial charge in [0.1, 0.15) is 5.58 Å². The van der Waals surface area contributed by atoms with Gasteiger partial charge in [0, 0.05) is 61.2 Å².